The van der Waals surface area contributed by atoms with Crippen molar-refractivity contribution in [3.63, 3.8) is 0 Å². The van der Waals surface area contributed by atoms with E-state index in [0.29, 0.717) is 12.1 Å². The molecule has 0 aliphatic carbocycles. The molecule has 0 bridgehead atoms. The molecule has 3 atom stereocenters. The molecule has 2 fully saturated rings. The first-order valence-corrected chi connectivity index (χ1v) is 4.20. The lowest BCUT2D eigenvalue weighted by atomic mass is 9.91. The van der Waals surface area contributed by atoms with Crippen LogP contribution >= 0.6 is 0 Å². The summed E-state index contributed by atoms with van der Waals surface area (Å²) in [4.78, 5) is 0. The van der Waals surface area contributed by atoms with Crippen molar-refractivity contribution in [2.75, 3.05) is 13.2 Å². The van der Waals surface area contributed by atoms with E-state index in [4.69, 9.17) is 4.74 Å². The number of nitrogens with one attached hydrogen (secondary N) is 1. The maximum absolute atomic E-state index is 5.38. The van der Waals surface area contributed by atoms with Crippen molar-refractivity contribution < 1.29 is 4.74 Å². The summed E-state index contributed by atoms with van der Waals surface area (Å²) in [5.41, 5.74) is 0. The van der Waals surface area contributed by atoms with Crippen molar-refractivity contribution in [3.05, 3.63) is 0 Å². The number of ether oxygens (including phenoxy) is 1. The number of fused-ring (bicyclic) bond motifs is 1. The summed E-state index contributed by atoms with van der Waals surface area (Å²) in [5, 5.41) is 3.55. The van der Waals surface area contributed by atoms with Crippen LogP contribution in [-0.2, 0) is 4.74 Å². The van der Waals surface area contributed by atoms with E-state index >= 15 is 0 Å². The van der Waals surface area contributed by atoms with Crippen molar-refractivity contribution in [2.45, 2.75) is 31.8 Å². The summed E-state index contributed by atoms with van der Waals surface area (Å²) in [7, 11) is 0. The zero-order valence-corrected chi connectivity index (χ0v) is 6.47. The van der Waals surface area contributed by atoms with Gasteiger partial charge in [-0.05, 0) is 25.7 Å². The standard InChI is InChI=1S/C8H15NO/c1-6-2-3-7-4-10-5-8(7)9-6/h6-9H,2-5H2,1H3. The highest BCUT2D eigenvalue weighted by Gasteiger charge is 2.32. The Morgan fingerprint density at radius 1 is 1.30 bits per heavy atom. The van der Waals surface area contributed by atoms with E-state index in [1.165, 1.54) is 12.8 Å². The zero-order chi connectivity index (χ0) is 6.97. The van der Waals surface area contributed by atoms with Gasteiger partial charge in [-0.3, -0.25) is 0 Å². The summed E-state index contributed by atoms with van der Waals surface area (Å²) < 4.78 is 5.38. The summed E-state index contributed by atoms with van der Waals surface area (Å²) in [5.74, 6) is 0.816. The molecule has 0 aromatic heterocycles. The lowest BCUT2D eigenvalue weighted by Crippen LogP contribution is -2.45. The maximum Gasteiger partial charge on any atom is 0.0623 e. The van der Waals surface area contributed by atoms with E-state index < -0.39 is 0 Å². The van der Waals surface area contributed by atoms with Gasteiger partial charge in [0, 0.05) is 12.1 Å². The Bertz CT molecular complexity index is 126. The Balaban J connectivity index is 1.96. The fourth-order valence-corrected chi connectivity index (χ4v) is 1.98. The minimum atomic E-state index is 0.670. The zero-order valence-electron chi connectivity index (χ0n) is 6.47. The molecule has 2 nitrogen and oxygen atoms in total. The van der Waals surface area contributed by atoms with Crippen molar-refractivity contribution in [1.82, 2.24) is 5.32 Å². The van der Waals surface area contributed by atoms with Crippen LogP contribution in [-0.4, -0.2) is 25.3 Å². The van der Waals surface area contributed by atoms with E-state index in [1.807, 2.05) is 0 Å². The summed E-state index contributed by atoms with van der Waals surface area (Å²) in [6, 6.07) is 1.38. The molecule has 0 saturated carbocycles. The summed E-state index contributed by atoms with van der Waals surface area (Å²) in [6.45, 7) is 4.19. The molecule has 0 aromatic rings. The fourth-order valence-electron chi connectivity index (χ4n) is 1.98. The topological polar surface area (TPSA) is 21.3 Å². The molecule has 3 unspecified atom stereocenters. The first-order chi connectivity index (χ1) is 4.86. The quantitative estimate of drug-likeness (QED) is 0.538. The third-order valence-electron chi connectivity index (χ3n) is 2.67. The summed E-state index contributed by atoms with van der Waals surface area (Å²) in [6.07, 6.45) is 2.68. The minimum absolute atomic E-state index is 0.670. The third kappa shape index (κ3) is 1.06. The molecule has 58 valence electrons. The Labute approximate surface area is 61.9 Å². The lowest BCUT2D eigenvalue weighted by molar-refractivity contribution is 0.183. The number of hydrogen-bond donors (Lipinski definition) is 1. The van der Waals surface area contributed by atoms with Gasteiger partial charge in [-0.25, -0.2) is 0 Å². The van der Waals surface area contributed by atoms with Gasteiger partial charge in [0.25, 0.3) is 0 Å². The van der Waals surface area contributed by atoms with Crippen LogP contribution in [0.1, 0.15) is 19.8 Å². The first kappa shape index (κ1) is 6.62. The molecule has 10 heavy (non-hydrogen) atoms. The first-order valence-electron chi connectivity index (χ1n) is 4.20. The highest BCUT2D eigenvalue weighted by atomic mass is 16.5. The molecule has 2 aliphatic rings. The lowest BCUT2D eigenvalue weighted by Gasteiger charge is -2.29. The van der Waals surface area contributed by atoms with E-state index in [9.17, 15) is 0 Å². The van der Waals surface area contributed by atoms with Crippen LogP contribution in [0.25, 0.3) is 0 Å². The maximum atomic E-state index is 5.38. The molecular weight excluding hydrogens is 126 g/mol. The van der Waals surface area contributed by atoms with Gasteiger partial charge in [0.1, 0.15) is 0 Å². The van der Waals surface area contributed by atoms with E-state index in [0.717, 1.165) is 19.1 Å². The third-order valence-corrected chi connectivity index (χ3v) is 2.67. The van der Waals surface area contributed by atoms with Crippen LogP contribution in [0.4, 0.5) is 0 Å². The molecule has 0 aromatic carbocycles. The molecular formula is C8H15NO. The van der Waals surface area contributed by atoms with E-state index in [1.54, 1.807) is 0 Å². The predicted molar refractivity (Wildman–Crippen MR) is 39.9 cm³/mol. The van der Waals surface area contributed by atoms with Crippen LogP contribution in [0.15, 0.2) is 0 Å². The largest absolute Gasteiger partial charge is 0.379 e. The average Bonchev–Trinajstić information content (AvgIpc) is 2.33. The van der Waals surface area contributed by atoms with E-state index in [2.05, 4.69) is 12.2 Å². The second kappa shape index (κ2) is 2.51. The van der Waals surface area contributed by atoms with Crippen molar-refractivity contribution in [2.24, 2.45) is 5.92 Å². The average molecular weight is 141 g/mol. The molecule has 1 N–H and O–H groups in total. The predicted octanol–water partition coefficient (Wildman–Crippen LogP) is 0.773. The van der Waals surface area contributed by atoms with Gasteiger partial charge < -0.3 is 10.1 Å². The molecule has 2 saturated heterocycles. The van der Waals surface area contributed by atoms with Gasteiger partial charge >= 0.3 is 0 Å². The number of rotatable bonds is 0. The Kier molecular flexibility index (Phi) is 1.66. The van der Waals surface area contributed by atoms with Crippen molar-refractivity contribution in [3.8, 4) is 0 Å². The Morgan fingerprint density at radius 3 is 3.10 bits per heavy atom. The van der Waals surface area contributed by atoms with Gasteiger partial charge in [0.2, 0.25) is 0 Å². The molecule has 0 radical (unpaired) electrons. The molecule has 2 heterocycles. The van der Waals surface area contributed by atoms with E-state index in [-0.39, 0.29) is 0 Å². The monoisotopic (exact) mass is 141 g/mol. The van der Waals surface area contributed by atoms with Crippen LogP contribution in [0.3, 0.4) is 0 Å². The minimum Gasteiger partial charge on any atom is -0.379 e. The molecule has 2 aliphatic heterocycles. The number of hydrogen-bond acceptors (Lipinski definition) is 2. The molecule has 0 spiro atoms. The van der Waals surface area contributed by atoms with Crippen LogP contribution in [0.2, 0.25) is 0 Å². The Morgan fingerprint density at radius 2 is 2.20 bits per heavy atom. The highest BCUT2D eigenvalue weighted by Crippen LogP contribution is 2.24. The van der Waals surface area contributed by atoms with Crippen molar-refractivity contribution in [1.29, 1.82) is 0 Å². The van der Waals surface area contributed by atoms with Crippen LogP contribution in [0.5, 0.6) is 0 Å². The SMILES string of the molecule is CC1CCC2COCC2N1. The van der Waals surface area contributed by atoms with Gasteiger partial charge in [-0.2, -0.15) is 0 Å². The van der Waals surface area contributed by atoms with Crippen LogP contribution < -0.4 is 5.32 Å². The smallest absolute Gasteiger partial charge is 0.0623 e. The van der Waals surface area contributed by atoms with Gasteiger partial charge in [0.05, 0.1) is 13.2 Å². The Hall–Kier alpha value is -0.0800. The normalized spacial score (nSPS) is 47.1. The second-order valence-electron chi connectivity index (χ2n) is 3.55. The molecule has 2 rings (SSSR count). The molecule has 2 heteroatoms. The fraction of sp³-hybridized carbons (Fsp3) is 1.00. The second-order valence-corrected chi connectivity index (χ2v) is 3.55. The van der Waals surface area contributed by atoms with Crippen molar-refractivity contribution >= 4 is 0 Å². The van der Waals surface area contributed by atoms with Crippen LogP contribution in [0, 0.1) is 5.92 Å². The van der Waals surface area contributed by atoms with Gasteiger partial charge in [-0.1, -0.05) is 0 Å². The summed E-state index contributed by atoms with van der Waals surface area (Å²) >= 11 is 0. The number of piperidine rings is 1. The highest BCUT2D eigenvalue weighted by molar-refractivity contribution is 4.88. The van der Waals surface area contributed by atoms with Gasteiger partial charge in [-0.15, -0.1) is 0 Å². The van der Waals surface area contributed by atoms with Gasteiger partial charge in [0.15, 0.2) is 0 Å². The molecule has 0 amide bonds.